The largest absolute Gasteiger partial charge is 0.452 e. The van der Waals surface area contributed by atoms with E-state index in [1.165, 1.54) is 25.3 Å². The van der Waals surface area contributed by atoms with Gasteiger partial charge in [-0.05, 0) is 63.2 Å². The maximum absolute atomic E-state index is 12.1. The summed E-state index contributed by atoms with van der Waals surface area (Å²) in [5, 5.41) is 3.19. The molecule has 0 spiro atoms. The number of rotatable bonds is 5. The van der Waals surface area contributed by atoms with E-state index in [-0.39, 0.29) is 18.1 Å². The molecule has 1 amide bonds. The highest BCUT2D eigenvalue weighted by Crippen LogP contribution is 2.55. The van der Waals surface area contributed by atoms with Crippen molar-refractivity contribution in [2.24, 2.45) is 17.8 Å². The van der Waals surface area contributed by atoms with Crippen LogP contribution in [0.2, 0.25) is 0 Å². The number of hydrogen-bond donors (Lipinski definition) is 1. The van der Waals surface area contributed by atoms with Crippen LogP contribution < -0.4 is 5.32 Å². The molecule has 0 atom stereocenters. The number of carbonyl (C=O) groups is 2. The predicted octanol–water partition coefficient (Wildman–Crippen LogP) is 2.75. The van der Waals surface area contributed by atoms with Crippen LogP contribution in [0.5, 0.6) is 0 Å². The van der Waals surface area contributed by atoms with E-state index in [1.807, 2.05) is 13.0 Å². The molecular weight excluding hydrogens is 278 g/mol. The van der Waals surface area contributed by atoms with Crippen LogP contribution in [0.1, 0.15) is 45.4 Å². The van der Waals surface area contributed by atoms with Crippen LogP contribution >= 0.6 is 0 Å². The molecule has 4 bridgehead atoms. The standard InChI is InChI=1S/C18H25NO3/c1-2-3-4-5-17(21)22-12-16(20)19-18-9-13-6-14(10-18)8-15(7-13)11-18/h2-5,13-15H,6-12H2,1H3,(H,19,20)/b3-2+,5-4+. The molecule has 4 heteroatoms. The molecule has 0 saturated heterocycles. The molecule has 22 heavy (non-hydrogen) atoms. The third kappa shape index (κ3) is 3.42. The Balaban J connectivity index is 1.49. The van der Waals surface area contributed by atoms with Crippen molar-refractivity contribution in [3.05, 3.63) is 24.3 Å². The summed E-state index contributed by atoms with van der Waals surface area (Å²) in [6.45, 7) is 1.69. The van der Waals surface area contributed by atoms with Crippen LogP contribution in [-0.2, 0) is 14.3 Å². The van der Waals surface area contributed by atoms with Crippen molar-refractivity contribution in [3.8, 4) is 0 Å². The third-order valence-corrected chi connectivity index (χ3v) is 5.32. The first-order valence-corrected chi connectivity index (χ1v) is 8.36. The number of allylic oxidation sites excluding steroid dienone is 3. The van der Waals surface area contributed by atoms with Crippen LogP contribution in [0.4, 0.5) is 0 Å². The number of nitrogens with one attached hydrogen (secondary N) is 1. The van der Waals surface area contributed by atoms with Gasteiger partial charge in [0.15, 0.2) is 6.61 Å². The molecule has 4 nitrogen and oxygen atoms in total. The van der Waals surface area contributed by atoms with Crippen molar-refractivity contribution in [2.75, 3.05) is 6.61 Å². The Morgan fingerprint density at radius 2 is 1.68 bits per heavy atom. The Kier molecular flexibility index (Phi) is 4.37. The summed E-state index contributed by atoms with van der Waals surface area (Å²) < 4.78 is 4.99. The fraction of sp³-hybridized carbons (Fsp3) is 0.667. The Morgan fingerprint density at radius 1 is 1.09 bits per heavy atom. The molecule has 0 aromatic carbocycles. The SMILES string of the molecule is C/C=C/C=C/C(=O)OCC(=O)NC12CC3CC(CC(C3)C1)C2. The second kappa shape index (κ2) is 6.27. The first-order valence-electron chi connectivity index (χ1n) is 8.36. The Labute approximate surface area is 132 Å². The molecule has 0 radical (unpaired) electrons. The van der Waals surface area contributed by atoms with Gasteiger partial charge in [0.2, 0.25) is 0 Å². The smallest absolute Gasteiger partial charge is 0.331 e. The quantitative estimate of drug-likeness (QED) is 0.483. The minimum atomic E-state index is -0.473. The third-order valence-electron chi connectivity index (χ3n) is 5.32. The van der Waals surface area contributed by atoms with Crippen LogP contribution in [0.15, 0.2) is 24.3 Å². The second-order valence-electron chi connectivity index (χ2n) is 7.24. The Morgan fingerprint density at radius 3 is 2.23 bits per heavy atom. The van der Waals surface area contributed by atoms with Crippen molar-refractivity contribution in [2.45, 2.75) is 51.0 Å². The molecule has 4 aliphatic carbocycles. The summed E-state index contributed by atoms with van der Waals surface area (Å²) in [6, 6.07) is 0. The van der Waals surface area contributed by atoms with Gasteiger partial charge in [-0.3, -0.25) is 4.79 Å². The number of esters is 1. The molecule has 0 aromatic rings. The van der Waals surface area contributed by atoms with Crippen LogP contribution in [0, 0.1) is 17.8 Å². The molecule has 1 N–H and O–H groups in total. The van der Waals surface area contributed by atoms with Gasteiger partial charge in [-0.15, -0.1) is 0 Å². The molecule has 4 fully saturated rings. The molecule has 0 aromatic heterocycles. The first-order chi connectivity index (χ1) is 10.6. The number of carbonyl (C=O) groups excluding carboxylic acids is 2. The fourth-order valence-electron chi connectivity index (χ4n) is 5.03. The van der Waals surface area contributed by atoms with E-state index >= 15 is 0 Å². The monoisotopic (exact) mass is 303 g/mol. The molecule has 0 heterocycles. The number of hydrogen-bond acceptors (Lipinski definition) is 3. The normalized spacial score (nSPS) is 36.1. The average molecular weight is 303 g/mol. The summed E-state index contributed by atoms with van der Waals surface area (Å²) in [6.07, 6.45) is 13.9. The summed E-state index contributed by atoms with van der Waals surface area (Å²) in [4.78, 5) is 23.6. The Hall–Kier alpha value is -1.58. The van der Waals surface area contributed by atoms with Crippen LogP contribution in [0.25, 0.3) is 0 Å². The van der Waals surface area contributed by atoms with E-state index in [1.54, 1.807) is 12.2 Å². The van der Waals surface area contributed by atoms with Crippen molar-refractivity contribution in [1.82, 2.24) is 5.32 Å². The van der Waals surface area contributed by atoms with Gasteiger partial charge in [-0.2, -0.15) is 0 Å². The van der Waals surface area contributed by atoms with Crippen LogP contribution in [-0.4, -0.2) is 24.0 Å². The predicted molar refractivity (Wildman–Crippen MR) is 84.0 cm³/mol. The molecule has 0 unspecified atom stereocenters. The Bertz CT molecular complexity index is 471. The molecule has 0 aliphatic heterocycles. The summed E-state index contributed by atoms with van der Waals surface area (Å²) in [5.41, 5.74) is -0.0149. The van der Waals surface area contributed by atoms with Crippen LogP contribution in [0.3, 0.4) is 0 Å². The summed E-state index contributed by atoms with van der Waals surface area (Å²) >= 11 is 0. The summed E-state index contributed by atoms with van der Waals surface area (Å²) in [7, 11) is 0. The fourth-order valence-corrected chi connectivity index (χ4v) is 5.03. The van der Waals surface area contributed by atoms with Crippen molar-refractivity contribution in [1.29, 1.82) is 0 Å². The molecule has 120 valence electrons. The van der Waals surface area contributed by atoms with Gasteiger partial charge < -0.3 is 10.1 Å². The number of amides is 1. The molecule has 4 aliphatic rings. The first kappa shape index (κ1) is 15.3. The van der Waals surface area contributed by atoms with E-state index in [9.17, 15) is 9.59 Å². The van der Waals surface area contributed by atoms with Gasteiger partial charge >= 0.3 is 5.97 Å². The molecular formula is C18H25NO3. The summed E-state index contributed by atoms with van der Waals surface area (Å²) in [5.74, 6) is 1.74. The maximum Gasteiger partial charge on any atom is 0.331 e. The van der Waals surface area contributed by atoms with E-state index in [0.29, 0.717) is 0 Å². The van der Waals surface area contributed by atoms with Crippen molar-refractivity contribution < 1.29 is 14.3 Å². The van der Waals surface area contributed by atoms with Crippen molar-refractivity contribution >= 4 is 11.9 Å². The van der Waals surface area contributed by atoms with E-state index in [4.69, 9.17) is 4.74 Å². The lowest BCUT2D eigenvalue weighted by Crippen LogP contribution is -2.60. The van der Waals surface area contributed by atoms with E-state index in [0.717, 1.165) is 37.0 Å². The highest BCUT2D eigenvalue weighted by atomic mass is 16.5. The van der Waals surface area contributed by atoms with Gasteiger partial charge in [0, 0.05) is 11.6 Å². The lowest BCUT2D eigenvalue weighted by Gasteiger charge is -2.56. The minimum Gasteiger partial charge on any atom is -0.452 e. The lowest BCUT2D eigenvalue weighted by atomic mass is 9.53. The minimum absolute atomic E-state index is 0.0149. The van der Waals surface area contributed by atoms with E-state index in [2.05, 4.69) is 5.32 Å². The zero-order valence-electron chi connectivity index (χ0n) is 13.2. The van der Waals surface area contributed by atoms with Gasteiger partial charge in [-0.25, -0.2) is 4.79 Å². The molecule has 4 rings (SSSR count). The van der Waals surface area contributed by atoms with Crippen molar-refractivity contribution in [3.63, 3.8) is 0 Å². The number of ether oxygens (including phenoxy) is 1. The van der Waals surface area contributed by atoms with Gasteiger partial charge in [0.25, 0.3) is 5.91 Å². The zero-order valence-corrected chi connectivity index (χ0v) is 13.2. The highest BCUT2D eigenvalue weighted by molar-refractivity contribution is 5.86. The maximum atomic E-state index is 12.1. The zero-order chi connectivity index (χ0) is 15.6. The average Bonchev–Trinajstić information content (AvgIpc) is 2.43. The van der Waals surface area contributed by atoms with Gasteiger partial charge in [0.05, 0.1) is 0 Å². The van der Waals surface area contributed by atoms with E-state index < -0.39 is 5.97 Å². The van der Waals surface area contributed by atoms with Gasteiger partial charge in [0.1, 0.15) is 0 Å². The highest BCUT2D eigenvalue weighted by Gasteiger charge is 2.51. The molecule has 4 saturated carbocycles. The lowest BCUT2D eigenvalue weighted by molar-refractivity contribution is -0.145. The van der Waals surface area contributed by atoms with Gasteiger partial charge in [-0.1, -0.05) is 18.2 Å². The second-order valence-corrected chi connectivity index (χ2v) is 7.24. The topological polar surface area (TPSA) is 55.4 Å².